The smallest absolute Gasteiger partial charge is 0.397 e. The molecule has 0 unspecified atom stereocenters. The summed E-state index contributed by atoms with van der Waals surface area (Å²) in [5.41, 5.74) is 3.81. The van der Waals surface area contributed by atoms with Gasteiger partial charge in [0, 0.05) is 0 Å². The van der Waals surface area contributed by atoms with E-state index in [2.05, 4.69) is 0 Å². The highest BCUT2D eigenvalue weighted by Crippen LogP contribution is 2.33. The maximum Gasteiger partial charge on any atom is 0.416 e. The third-order valence-corrected chi connectivity index (χ3v) is 4.09. The first kappa shape index (κ1) is 16.1. The van der Waals surface area contributed by atoms with Gasteiger partial charge in [0.05, 0.1) is 21.8 Å². The molecule has 0 atom stereocenters. The number of nitrogens with one attached hydrogen (secondary N) is 1. The highest BCUT2D eigenvalue weighted by molar-refractivity contribution is 7.92. The van der Waals surface area contributed by atoms with E-state index in [9.17, 15) is 26.0 Å². The minimum Gasteiger partial charge on any atom is -0.397 e. The van der Waals surface area contributed by atoms with E-state index < -0.39 is 33.3 Å². The van der Waals surface area contributed by atoms with E-state index in [0.717, 1.165) is 24.3 Å². The van der Waals surface area contributed by atoms with Crippen molar-refractivity contribution in [3.63, 3.8) is 0 Å². The number of nitrogens with two attached hydrogens (primary N) is 1. The maximum absolute atomic E-state index is 13.1. The Hall–Kier alpha value is -2.29. The van der Waals surface area contributed by atoms with Gasteiger partial charge in [-0.2, -0.15) is 13.2 Å². The molecule has 2 aromatic rings. The summed E-state index contributed by atoms with van der Waals surface area (Å²) in [5, 5.41) is 0. The monoisotopic (exact) mass is 334 g/mol. The van der Waals surface area contributed by atoms with E-state index in [1.807, 2.05) is 4.72 Å². The first-order valence-corrected chi connectivity index (χ1v) is 7.33. The van der Waals surface area contributed by atoms with Crippen LogP contribution in [0.1, 0.15) is 5.56 Å². The molecule has 0 radical (unpaired) electrons. The second-order valence-corrected chi connectivity index (χ2v) is 6.05. The van der Waals surface area contributed by atoms with Gasteiger partial charge in [-0.3, -0.25) is 4.72 Å². The van der Waals surface area contributed by atoms with Gasteiger partial charge in [-0.1, -0.05) is 6.07 Å². The van der Waals surface area contributed by atoms with Gasteiger partial charge in [0.25, 0.3) is 10.0 Å². The lowest BCUT2D eigenvalue weighted by atomic mass is 10.2. The van der Waals surface area contributed by atoms with Crippen molar-refractivity contribution in [2.24, 2.45) is 0 Å². The number of sulfonamides is 1. The molecule has 0 bridgehead atoms. The van der Waals surface area contributed by atoms with Crippen molar-refractivity contribution >= 4 is 21.4 Å². The van der Waals surface area contributed by atoms with E-state index in [4.69, 9.17) is 5.73 Å². The van der Waals surface area contributed by atoms with Crippen molar-refractivity contribution in [2.45, 2.75) is 11.1 Å². The predicted molar refractivity (Wildman–Crippen MR) is 73.1 cm³/mol. The molecule has 0 saturated heterocycles. The van der Waals surface area contributed by atoms with Gasteiger partial charge in [0.15, 0.2) is 0 Å². The fraction of sp³-hybridized carbons (Fsp3) is 0.0769. The molecule has 0 saturated carbocycles. The molecule has 0 fully saturated rings. The number of hydrogen-bond donors (Lipinski definition) is 2. The minimum absolute atomic E-state index is 0.225. The normalized spacial score (nSPS) is 12.2. The van der Waals surface area contributed by atoms with Crippen molar-refractivity contribution in [1.29, 1.82) is 0 Å². The van der Waals surface area contributed by atoms with Crippen molar-refractivity contribution in [1.82, 2.24) is 0 Å². The Labute approximate surface area is 123 Å². The summed E-state index contributed by atoms with van der Waals surface area (Å²) in [7, 11) is -4.16. The second-order valence-electron chi connectivity index (χ2n) is 4.36. The van der Waals surface area contributed by atoms with Gasteiger partial charge >= 0.3 is 6.18 Å². The van der Waals surface area contributed by atoms with Crippen molar-refractivity contribution < 1.29 is 26.0 Å². The topological polar surface area (TPSA) is 72.2 Å². The van der Waals surface area contributed by atoms with Gasteiger partial charge in [-0.25, -0.2) is 12.8 Å². The van der Waals surface area contributed by atoms with Crippen LogP contribution < -0.4 is 10.5 Å². The molecule has 2 rings (SSSR count). The molecule has 3 N–H and O–H groups in total. The van der Waals surface area contributed by atoms with Crippen molar-refractivity contribution in [3.05, 3.63) is 53.8 Å². The Morgan fingerprint density at radius 1 is 1.05 bits per heavy atom. The number of alkyl halides is 3. The summed E-state index contributed by atoms with van der Waals surface area (Å²) in [6.07, 6.45) is -4.59. The molecule has 4 nitrogen and oxygen atoms in total. The summed E-state index contributed by atoms with van der Waals surface area (Å²) in [6.45, 7) is 0. The fourth-order valence-corrected chi connectivity index (χ4v) is 2.79. The van der Waals surface area contributed by atoms with Crippen LogP contribution in [0.4, 0.5) is 28.9 Å². The largest absolute Gasteiger partial charge is 0.416 e. The standard InChI is InChI=1S/C13H10F4N2O2S/c14-9-2-1-3-10(7-9)22(20,21)19-12-5-4-8(6-11(12)18)13(15,16)17/h1-7,19H,18H2. The van der Waals surface area contributed by atoms with Crippen LogP contribution in [0.3, 0.4) is 0 Å². The van der Waals surface area contributed by atoms with Gasteiger partial charge in [0.2, 0.25) is 0 Å². The lowest BCUT2D eigenvalue weighted by Gasteiger charge is -2.13. The quantitative estimate of drug-likeness (QED) is 0.669. The van der Waals surface area contributed by atoms with Gasteiger partial charge < -0.3 is 5.73 Å². The summed E-state index contributed by atoms with van der Waals surface area (Å²) >= 11 is 0. The van der Waals surface area contributed by atoms with Crippen molar-refractivity contribution in [3.8, 4) is 0 Å². The summed E-state index contributed by atoms with van der Waals surface area (Å²) in [6, 6.07) is 6.39. The van der Waals surface area contributed by atoms with Crippen LogP contribution in [-0.4, -0.2) is 8.42 Å². The zero-order valence-corrected chi connectivity index (χ0v) is 11.7. The fourth-order valence-electron chi connectivity index (χ4n) is 1.67. The number of rotatable bonds is 3. The van der Waals surface area contributed by atoms with E-state index >= 15 is 0 Å². The summed E-state index contributed by atoms with van der Waals surface area (Å²) in [5.74, 6) is -0.761. The summed E-state index contributed by atoms with van der Waals surface area (Å²) in [4.78, 5) is -0.369. The lowest BCUT2D eigenvalue weighted by molar-refractivity contribution is -0.137. The Morgan fingerprint density at radius 3 is 2.27 bits per heavy atom. The third-order valence-electron chi connectivity index (χ3n) is 2.73. The van der Waals surface area contributed by atoms with Gasteiger partial charge in [-0.05, 0) is 36.4 Å². The molecular weight excluding hydrogens is 324 g/mol. The van der Waals surface area contributed by atoms with Crippen LogP contribution in [0, 0.1) is 5.82 Å². The predicted octanol–water partition coefficient (Wildman–Crippen LogP) is 3.23. The zero-order chi connectivity index (χ0) is 16.5. The van der Waals surface area contributed by atoms with Gasteiger partial charge in [-0.15, -0.1) is 0 Å². The highest BCUT2D eigenvalue weighted by atomic mass is 32.2. The van der Waals surface area contributed by atoms with Crippen LogP contribution in [0.2, 0.25) is 0 Å². The van der Waals surface area contributed by atoms with E-state index in [-0.39, 0.29) is 10.6 Å². The SMILES string of the molecule is Nc1cc(C(F)(F)F)ccc1NS(=O)(=O)c1cccc(F)c1. The number of halogens is 4. The van der Waals surface area contributed by atoms with Crippen LogP contribution in [-0.2, 0) is 16.2 Å². The average molecular weight is 334 g/mol. The Balaban J connectivity index is 2.35. The molecule has 0 aliphatic rings. The van der Waals surface area contributed by atoms with E-state index in [1.54, 1.807) is 0 Å². The maximum atomic E-state index is 13.1. The van der Waals surface area contributed by atoms with Crippen molar-refractivity contribution in [2.75, 3.05) is 10.5 Å². The molecule has 22 heavy (non-hydrogen) atoms. The third kappa shape index (κ3) is 3.48. The molecule has 0 heterocycles. The molecule has 0 aliphatic carbocycles. The van der Waals surface area contributed by atoms with E-state index in [0.29, 0.717) is 12.1 Å². The molecular formula is C13H10F4N2O2S. The molecule has 118 valence electrons. The highest BCUT2D eigenvalue weighted by Gasteiger charge is 2.31. The second kappa shape index (κ2) is 5.48. The first-order valence-electron chi connectivity index (χ1n) is 5.85. The van der Waals surface area contributed by atoms with Crippen LogP contribution >= 0.6 is 0 Å². The Bertz CT molecular complexity index is 804. The molecule has 0 aliphatic heterocycles. The van der Waals surface area contributed by atoms with Crippen LogP contribution in [0.5, 0.6) is 0 Å². The molecule has 9 heteroatoms. The first-order chi connectivity index (χ1) is 10.1. The number of anilines is 2. The molecule has 0 amide bonds. The number of benzene rings is 2. The molecule has 0 aromatic heterocycles. The molecule has 2 aromatic carbocycles. The van der Waals surface area contributed by atoms with E-state index in [1.165, 1.54) is 6.07 Å². The minimum atomic E-state index is -4.59. The number of nitrogen functional groups attached to an aromatic ring is 1. The Kier molecular flexibility index (Phi) is 4.01. The zero-order valence-electron chi connectivity index (χ0n) is 10.9. The molecule has 0 spiro atoms. The van der Waals surface area contributed by atoms with Gasteiger partial charge in [0.1, 0.15) is 5.82 Å². The Morgan fingerprint density at radius 2 is 1.73 bits per heavy atom. The van der Waals surface area contributed by atoms with Crippen LogP contribution in [0.25, 0.3) is 0 Å². The average Bonchev–Trinajstić information content (AvgIpc) is 2.40. The number of hydrogen-bond acceptors (Lipinski definition) is 3. The lowest BCUT2D eigenvalue weighted by Crippen LogP contribution is -2.15. The summed E-state index contributed by atoms with van der Waals surface area (Å²) < 4.78 is 76.7. The van der Waals surface area contributed by atoms with Crippen LogP contribution in [0.15, 0.2) is 47.4 Å².